The van der Waals surface area contributed by atoms with Crippen LogP contribution >= 0.6 is 0 Å². The molecule has 0 fully saturated rings. The number of benzene rings is 2. The van der Waals surface area contributed by atoms with Crippen LogP contribution in [-0.4, -0.2) is 28.6 Å². The number of aryl methyl sites for hydroxylation is 1. The van der Waals surface area contributed by atoms with Crippen LogP contribution < -0.4 is 4.72 Å². The Morgan fingerprint density at radius 1 is 1.04 bits per heavy atom. The van der Waals surface area contributed by atoms with Gasteiger partial charge in [-0.3, -0.25) is 4.72 Å². The maximum Gasteiger partial charge on any atom is 0.261 e. The Bertz CT molecular complexity index is 873. The average molecular weight is 329 g/mol. The average Bonchev–Trinajstić information content (AvgIpc) is 3.10. The summed E-state index contributed by atoms with van der Waals surface area (Å²) < 4.78 is 28.8. The predicted octanol–water partition coefficient (Wildman–Crippen LogP) is 2.03. The molecule has 0 saturated carbocycles. The maximum atomic E-state index is 12.4. The highest BCUT2D eigenvalue weighted by molar-refractivity contribution is 7.92. The minimum Gasteiger partial charge on any atom is -0.280 e. The lowest BCUT2D eigenvalue weighted by atomic mass is 10.2. The smallest absolute Gasteiger partial charge is 0.261 e. The van der Waals surface area contributed by atoms with E-state index in [0.717, 1.165) is 17.7 Å². The first-order valence-electron chi connectivity index (χ1n) is 7.03. The minimum atomic E-state index is -3.60. The number of sulfonamides is 1. The van der Waals surface area contributed by atoms with Crippen LogP contribution in [0.1, 0.15) is 12.5 Å². The monoisotopic (exact) mass is 329 g/mol. The molecule has 0 unspecified atom stereocenters. The Morgan fingerprint density at radius 3 is 2.30 bits per heavy atom. The van der Waals surface area contributed by atoms with Crippen molar-refractivity contribution >= 4 is 15.7 Å². The predicted molar refractivity (Wildman–Crippen MR) is 85.8 cm³/mol. The molecule has 0 radical (unpaired) electrons. The van der Waals surface area contributed by atoms with Crippen LogP contribution in [0.5, 0.6) is 0 Å². The second kappa shape index (κ2) is 6.17. The Kier molecular flexibility index (Phi) is 4.07. The van der Waals surface area contributed by atoms with Crippen LogP contribution in [0.3, 0.4) is 0 Å². The first-order chi connectivity index (χ1) is 11.1. The molecule has 1 aromatic heterocycles. The van der Waals surface area contributed by atoms with E-state index in [1.165, 1.54) is 11.0 Å². The topological polar surface area (TPSA) is 89.8 Å². The Balaban J connectivity index is 1.79. The lowest BCUT2D eigenvalue weighted by molar-refractivity contribution is 0.601. The highest BCUT2D eigenvalue weighted by atomic mass is 32.2. The fourth-order valence-electron chi connectivity index (χ4n) is 2.08. The summed E-state index contributed by atoms with van der Waals surface area (Å²) in [5, 5.41) is 10.9. The van der Waals surface area contributed by atoms with Crippen LogP contribution in [0.2, 0.25) is 0 Å². The van der Waals surface area contributed by atoms with Crippen molar-refractivity contribution in [3.8, 4) is 5.69 Å². The van der Waals surface area contributed by atoms with E-state index < -0.39 is 10.0 Å². The van der Waals surface area contributed by atoms with Gasteiger partial charge in [0.25, 0.3) is 10.0 Å². The second-order valence-corrected chi connectivity index (χ2v) is 6.59. The van der Waals surface area contributed by atoms with Crippen molar-refractivity contribution in [2.75, 3.05) is 4.72 Å². The molecule has 0 atom stereocenters. The van der Waals surface area contributed by atoms with Gasteiger partial charge < -0.3 is 0 Å². The Labute approximate surface area is 134 Å². The summed E-state index contributed by atoms with van der Waals surface area (Å²) >= 11 is 0. The summed E-state index contributed by atoms with van der Waals surface area (Å²) in [6.45, 7) is 2.02. The molecule has 0 saturated heterocycles. The number of nitrogens with one attached hydrogen (secondary N) is 1. The van der Waals surface area contributed by atoms with Gasteiger partial charge in [0, 0.05) is 5.69 Å². The second-order valence-electron chi connectivity index (χ2n) is 4.90. The molecule has 118 valence electrons. The summed E-state index contributed by atoms with van der Waals surface area (Å²) in [4.78, 5) is 0.235. The zero-order valence-corrected chi connectivity index (χ0v) is 13.2. The van der Waals surface area contributed by atoms with Gasteiger partial charge in [-0.15, -0.1) is 5.10 Å². The Morgan fingerprint density at radius 2 is 1.74 bits per heavy atom. The number of anilines is 1. The molecule has 0 spiro atoms. The minimum absolute atomic E-state index is 0.235. The summed E-state index contributed by atoms with van der Waals surface area (Å²) in [5.41, 5.74) is 2.31. The molecule has 23 heavy (non-hydrogen) atoms. The molecular formula is C15H15N5O2S. The number of rotatable bonds is 5. The summed E-state index contributed by atoms with van der Waals surface area (Å²) in [6.07, 6.45) is 2.33. The summed E-state index contributed by atoms with van der Waals surface area (Å²) in [6, 6.07) is 13.6. The van der Waals surface area contributed by atoms with E-state index in [9.17, 15) is 8.42 Å². The fourth-order valence-corrected chi connectivity index (χ4v) is 3.14. The van der Waals surface area contributed by atoms with Gasteiger partial charge >= 0.3 is 0 Å². The van der Waals surface area contributed by atoms with Crippen LogP contribution in [0.4, 0.5) is 5.69 Å². The lowest BCUT2D eigenvalue weighted by Crippen LogP contribution is -2.13. The van der Waals surface area contributed by atoms with E-state index in [4.69, 9.17) is 0 Å². The van der Waals surface area contributed by atoms with Crippen molar-refractivity contribution in [3.05, 3.63) is 60.4 Å². The van der Waals surface area contributed by atoms with E-state index in [0.29, 0.717) is 5.69 Å². The molecule has 3 aromatic rings. The molecule has 1 heterocycles. The largest absolute Gasteiger partial charge is 0.280 e. The zero-order valence-electron chi connectivity index (χ0n) is 12.4. The van der Waals surface area contributed by atoms with E-state index in [1.807, 2.05) is 19.1 Å². The van der Waals surface area contributed by atoms with E-state index in [-0.39, 0.29) is 4.90 Å². The van der Waals surface area contributed by atoms with Crippen LogP contribution in [0, 0.1) is 0 Å². The van der Waals surface area contributed by atoms with Crippen molar-refractivity contribution in [1.82, 2.24) is 20.2 Å². The molecular weight excluding hydrogens is 314 g/mol. The standard InChI is InChI=1S/C15H15N5O2S/c1-2-12-3-9-15(10-4-12)23(21,22)17-13-5-7-14(8-6-13)20-11-16-18-19-20/h3-11,17H,2H2,1H3. The SMILES string of the molecule is CCc1ccc(S(=O)(=O)Nc2ccc(-n3cnnn3)cc2)cc1. The molecule has 0 bridgehead atoms. The molecule has 0 amide bonds. The number of tetrazole rings is 1. The molecule has 1 N–H and O–H groups in total. The first-order valence-corrected chi connectivity index (χ1v) is 8.52. The maximum absolute atomic E-state index is 12.4. The van der Waals surface area contributed by atoms with Gasteiger partial charge in [0.05, 0.1) is 10.6 Å². The van der Waals surface area contributed by atoms with Crippen molar-refractivity contribution in [1.29, 1.82) is 0 Å². The zero-order chi connectivity index (χ0) is 16.3. The van der Waals surface area contributed by atoms with Crippen LogP contribution in [0.25, 0.3) is 5.69 Å². The van der Waals surface area contributed by atoms with Crippen LogP contribution in [-0.2, 0) is 16.4 Å². The number of nitrogens with zero attached hydrogens (tertiary/aromatic N) is 4. The quantitative estimate of drug-likeness (QED) is 0.773. The lowest BCUT2D eigenvalue weighted by Gasteiger charge is -2.09. The van der Waals surface area contributed by atoms with E-state index in [2.05, 4.69) is 20.2 Å². The highest BCUT2D eigenvalue weighted by Crippen LogP contribution is 2.18. The van der Waals surface area contributed by atoms with Gasteiger partial charge in [-0.25, -0.2) is 13.1 Å². The van der Waals surface area contributed by atoms with Crippen molar-refractivity contribution in [2.45, 2.75) is 18.2 Å². The van der Waals surface area contributed by atoms with Gasteiger partial charge in [0.15, 0.2) is 0 Å². The van der Waals surface area contributed by atoms with Gasteiger partial charge in [-0.1, -0.05) is 19.1 Å². The van der Waals surface area contributed by atoms with Crippen molar-refractivity contribution in [2.24, 2.45) is 0 Å². The van der Waals surface area contributed by atoms with Crippen molar-refractivity contribution < 1.29 is 8.42 Å². The number of hydrogen-bond acceptors (Lipinski definition) is 5. The molecule has 8 heteroatoms. The Hall–Kier alpha value is -2.74. The first kappa shape index (κ1) is 15.2. The van der Waals surface area contributed by atoms with E-state index >= 15 is 0 Å². The highest BCUT2D eigenvalue weighted by Gasteiger charge is 2.14. The normalized spacial score (nSPS) is 11.3. The third kappa shape index (κ3) is 3.37. The van der Waals surface area contributed by atoms with E-state index in [1.54, 1.807) is 36.4 Å². The molecule has 2 aromatic carbocycles. The molecule has 0 aliphatic carbocycles. The molecule has 7 nitrogen and oxygen atoms in total. The van der Waals surface area contributed by atoms with Gasteiger partial charge in [-0.2, -0.15) is 0 Å². The third-order valence-electron chi connectivity index (χ3n) is 3.37. The van der Waals surface area contributed by atoms with Gasteiger partial charge in [0.2, 0.25) is 0 Å². The number of aromatic nitrogens is 4. The number of hydrogen-bond donors (Lipinski definition) is 1. The summed E-state index contributed by atoms with van der Waals surface area (Å²) in [5.74, 6) is 0. The fraction of sp³-hybridized carbons (Fsp3) is 0.133. The van der Waals surface area contributed by atoms with Crippen molar-refractivity contribution in [3.63, 3.8) is 0 Å². The van der Waals surface area contributed by atoms with Gasteiger partial charge in [0.1, 0.15) is 6.33 Å². The molecule has 0 aliphatic heterocycles. The van der Waals surface area contributed by atoms with Gasteiger partial charge in [-0.05, 0) is 58.8 Å². The van der Waals surface area contributed by atoms with Crippen LogP contribution in [0.15, 0.2) is 59.8 Å². The summed E-state index contributed by atoms with van der Waals surface area (Å²) in [7, 11) is -3.60. The molecule has 0 aliphatic rings. The molecule has 3 rings (SSSR count). The third-order valence-corrected chi connectivity index (χ3v) is 4.77.